The molecule has 1 saturated carbocycles. The molecule has 3 heteroatoms. The van der Waals surface area contributed by atoms with Crippen LogP contribution in [0, 0.1) is 12.8 Å². The van der Waals surface area contributed by atoms with Gasteiger partial charge in [0, 0.05) is 30.0 Å². The smallest absolute Gasteiger partial charge is 0.167 e. The molecule has 1 unspecified atom stereocenters. The van der Waals surface area contributed by atoms with Crippen molar-refractivity contribution in [1.82, 2.24) is 4.98 Å². The van der Waals surface area contributed by atoms with Crippen molar-refractivity contribution in [2.24, 2.45) is 5.92 Å². The van der Waals surface area contributed by atoms with Gasteiger partial charge in [0.2, 0.25) is 0 Å². The molecule has 1 aliphatic heterocycles. The third-order valence-corrected chi connectivity index (χ3v) is 4.82. The van der Waals surface area contributed by atoms with E-state index in [4.69, 9.17) is 4.74 Å². The van der Waals surface area contributed by atoms with E-state index in [-0.39, 0.29) is 17.3 Å². The first-order valence-corrected chi connectivity index (χ1v) is 7.79. The summed E-state index contributed by atoms with van der Waals surface area (Å²) in [6.07, 6.45) is 9.53. The normalized spacial score (nSPS) is 25.6. The van der Waals surface area contributed by atoms with Crippen molar-refractivity contribution in [2.75, 3.05) is 6.61 Å². The Morgan fingerprint density at radius 1 is 1.30 bits per heavy atom. The van der Waals surface area contributed by atoms with E-state index < -0.39 is 0 Å². The lowest BCUT2D eigenvalue weighted by Crippen LogP contribution is -2.43. The van der Waals surface area contributed by atoms with Crippen molar-refractivity contribution in [3.8, 4) is 0 Å². The van der Waals surface area contributed by atoms with E-state index >= 15 is 0 Å². The van der Waals surface area contributed by atoms with Gasteiger partial charge in [-0.05, 0) is 44.7 Å². The van der Waals surface area contributed by atoms with E-state index in [1.165, 1.54) is 19.3 Å². The molecule has 20 heavy (non-hydrogen) atoms. The maximum atomic E-state index is 12.6. The van der Waals surface area contributed by atoms with Crippen LogP contribution in [0.3, 0.4) is 0 Å². The molecule has 3 rings (SSSR count). The average Bonchev–Trinajstić information content (AvgIpc) is 2.48. The number of ether oxygens (including phenoxy) is 1. The minimum Gasteiger partial charge on any atom is -0.375 e. The molecule has 2 aliphatic rings. The number of aryl methyl sites for hydroxylation is 1. The molecule has 0 amide bonds. The monoisotopic (exact) mass is 273 g/mol. The molecule has 1 atom stereocenters. The quantitative estimate of drug-likeness (QED) is 0.771. The Labute approximate surface area is 120 Å². The van der Waals surface area contributed by atoms with E-state index in [9.17, 15) is 4.79 Å². The molecule has 1 aromatic rings. The number of Topliss-reactive ketones (excluding diaryl/α,β-unsaturated/α-hetero) is 1. The highest BCUT2D eigenvalue weighted by Gasteiger charge is 2.40. The summed E-state index contributed by atoms with van der Waals surface area (Å²) < 4.78 is 6.07. The molecule has 1 aliphatic carbocycles. The van der Waals surface area contributed by atoms with E-state index in [0.717, 1.165) is 43.5 Å². The van der Waals surface area contributed by atoms with Crippen LogP contribution in [0.5, 0.6) is 0 Å². The fourth-order valence-electron chi connectivity index (χ4n) is 3.65. The summed E-state index contributed by atoms with van der Waals surface area (Å²) in [5.74, 6) is 0.372. The highest BCUT2D eigenvalue weighted by molar-refractivity contribution is 5.97. The topological polar surface area (TPSA) is 39.2 Å². The zero-order chi connectivity index (χ0) is 14.0. The molecule has 2 heterocycles. The van der Waals surface area contributed by atoms with E-state index in [0.29, 0.717) is 0 Å². The second-order valence-corrected chi connectivity index (χ2v) is 6.33. The zero-order valence-electron chi connectivity index (χ0n) is 12.2. The lowest BCUT2D eigenvalue weighted by molar-refractivity contribution is -0.111. The van der Waals surface area contributed by atoms with Gasteiger partial charge in [0.1, 0.15) is 0 Å². The molecule has 0 radical (unpaired) electrons. The predicted molar refractivity (Wildman–Crippen MR) is 77.8 cm³/mol. The van der Waals surface area contributed by atoms with Gasteiger partial charge in [0.05, 0.1) is 5.60 Å². The van der Waals surface area contributed by atoms with Gasteiger partial charge in [-0.3, -0.25) is 9.78 Å². The second-order valence-electron chi connectivity index (χ2n) is 6.33. The first-order chi connectivity index (χ1) is 9.69. The van der Waals surface area contributed by atoms with Crippen LogP contribution in [-0.4, -0.2) is 23.0 Å². The van der Waals surface area contributed by atoms with Crippen LogP contribution in [0.2, 0.25) is 0 Å². The van der Waals surface area contributed by atoms with Gasteiger partial charge in [0.15, 0.2) is 5.78 Å². The molecule has 2 fully saturated rings. The van der Waals surface area contributed by atoms with Crippen LogP contribution in [-0.2, 0) is 4.74 Å². The minimum atomic E-state index is -0.00501. The van der Waals surface area contributed by atoms with Crippen molar-refractivity contribution in [1.29, 1.82) is 0 Å². The first kappa shape index (κ1) is 13.7. The van der Waals surface area contributed by atoms with Crippen LogP contribution >= 0.6 is 0 Å². The number of nitrogens with zero attached hydrogens (tertiary/aromatic N) is 1. The Morgan fingerprint density at radius 2 is 2.10 bits per heavy atom. The van der Waals surface area contributed by atoms with E-state index in [1.807, 2.05) is 19.1 Å². The van der Waals surface area contributed by atoms with Gasteiger partial charge in [0.25, 0.3) is 0 Å². The number of rotatable bonds is 2. The minimum absolute atomic E-state index is 0.00501. The second kappa shape index (κ2) is 5.65. The number of carbonyl (C=O) groups excluding carboxylic acids is 1. The van der Waals surface area contributed by atoms with Crippen LogP contribution < -0.4 is 0 Å². The molecule has 1 spiro atoms. The predicted octanol–water partition coefficient (Wildman–Crippen LogP) is 3.70. The maximum Gasteiger partial charge on any atom is 0.167 e. The molecular formula is C17H23NO2. The Hall–Kier alpha value is -1.22. The van der Waals surface area contributed by atoms with Crippen molar-refractivity contribution in [2.45, 2.75) is 57.5 Å². The summed E-state index contributed by atoms with van der Waals surface area (Å²) >= 11 is 0. The van der Waals surface area contributed by atoms with Crippen molar-refractivity contribution < 1.29 is 9.53 Å². The molecular weight excluding hydrogens is 250 g/mol. The summed E-state index contributed by atoms with van der Waals surface area (Å²) in [6, 6.07) is 3.83. The van der Waals surface area contributed by atoms with Crippen LogP contribution in [0.15, 0.2) is 18.3 Å². The van der Waals surface area contributed by atoms with Crippen molar-refractivity contribution in [3.63, 3.8) is 0 Å². The number of hydrogen-bond acceptors (Lipinski definition) is 3. The molecule has 0 aromatic carbocycles. The molecule has 3 nitrogen and oxygen atoms in total. The number of pyridine rings is 1. The van der Waals surface area contributed by atoms with Crippen molar-refractivity contribution in [3.05, 3.63) is 29.6 Å². The zero-order valence-corrected chi connectivity index (χ0v) is 12.2. The SMILES string of the molecule is Cc1ccc(C(=O)C2CCOC3(CCCCC3)C2)cn1. The van der Waals surface area contributed by atoms with Gasteiger partial charge in [-0.15, -0.1) is 0 Å². The first-order valence-electron chi connectivity index (χ1n) is 7.79. The summed E-state index contributed by atoms with van der Waals surface area (Å²) in [5.41, 5.74) is 1.71. The van der Waals surface area contributed by atoms with Crippen LogP contribution in [0.1, 0.15) is 61.0 Å². The molecule has 1 aromatic heterocycles. The number of hydrogen-bond donors (Lipinski definition) is 0. The van der Waals surface area contributed by atoms with Gasteiger partial charge < -0.3 is 4.74 Å². The standard InChI is InChI=1S/C17H23NO2/c1-13-5-6-15(12-18-13)16(19)14-7-10-20-17(11-14)8-3-2-4-9-17/h5-6,12,14H,2-4,7-11H2,1H3. The van der Waals surface area contributed by atoms with Crippen molar-refractivity contribution >= 4 is 5.78 Å². The molecule has 0 bridgehead atoms. The fraction of sp³-hybridized carbons (Fsp3) is 0.647. The molecule has 0 N–H and O–H groups in total. The highest BCUT2D eigenvalue weighted by atomic mass is 16.5. The molecule has 1 saturated heterocycles. The number of carbonyl (C=O) groups is 1. The highest BCUT2D eigenvalue weighted by Crippen LogP contribution is 2.41. The van der Waals surface area contributed by atoms with E-state index in [1.54, 1.807) is 6.20 Å². The number of aromatic nitrogens is 1. The van der Waals surface area contributed by atoms with Gasteiger partial charge in [-0.2, -0.15) is 0 Å². The summed E-state index contributed by atoms with van der Waals surface area (Å²) in [6.45, 7) is 2.68. The van der Waals surface area contributed by atoms with Crippen LogP contribution in [0.25, 0.3) is 0 Å². The van der Waals surface area contributed by atoms with Gasteiger partial charge in [-0.25, -0.2) is 0 Å². The summed E-state index contributed by atoms with van der Waals surface area (Å²) in [4.78, 5) is 16.9. The summed E-state index contributed by atoms with van der Waals surface area (Å²) in [7, 11) is 0. The van der Waals surface area contributed by atoms with Gasteiger partial charge >= 0.3 is 0 Å². The Kier molecular flexibility index (Phi) is 3.88. The Balaban J connectivity index is 1.73. The third kappa shape index (κ3) is 2.78. The third-order valence-electron chi connectivity index (χ3n) is 4.82. The van der Waals surface area contributed by atoms with Gasteiger partial charge in [-0.1, -0.05) is 19.3 Å². The lowest BCUT2D eigenvalue weighted by Gasteiger charge is -2.43. The van der Waals surface area contributed by atoms with E-state index in [2.05, 4.69) is 4.98 Å². The molecule has 108 valence electrons. The van der Waals surface area contributed by atoms with Crippen LogP contribution in [0.4, 0.5) is 0 Å². The summed E-state index contributed by atoms with van der Waals surface area (Å²) in [5, 5.41) is 0. The Morgan fingerprint density at radius 3 is 2.80 bits per heavy atom. The maximum absolute atomic E-state index is 12.6. The average molecular weight is 273 g/mol. The number of ketones is 1. The largest absolute Gasteiger partial charge is 0.375 e. The Bertz CT molecular complexity index is 469. The fourth-order valence-corrected chi connectivity index (χ4v) is 3.65. The lowest BCUT2D eigenvalue weighted by atomic mass is 9.74.